The molecule has 0 aromatic rings. The van der Waals surface area contributed by atoms with E-state index in [4.69, 9.17) is 10.6 Å². The molecule has 2 rings (SSSR count). The number of nitrogens with two attached hydrogens (primary N) is 1. The van der Waals surface area contributed by atoms with Crippen molar-refractivity contribution in [3.8, 4) is 0 Å². The smallest absolute Gasteiger partial charge is 0.150 e. The molecule has 2 aliphatic rings. The highest BCUT2D eigenvalue weighted by Crippen LogP contribution is 2.38. The number of nitrogens with one attached hydrogen (secondary N) is 1. The molecular formula is C15H30N2O3S. The lowest BCUT2D eigenvalue weighted by Gasteiger charge is -2.40. The average molecular weight is 318 g/mol. The fourth-order valence-electron chi connectivity index (χ4n) is 3.93. The van der Waals surface area contributed by atoms with Gasteiger partial charge in [0, 0.05) is 18.9 Å². The third-order valence-electron chi connectivity index (χ3n) is 5.24. The van der Waals surface area contributed by atoms with Gasteiger partial charge in [-0.25, -0.2) is 8.42 Å². The topological polar surface area (TPSA) is 81.4 Å². The maximum atomic E-state index is 11.8. The molecule has 0 bridgehead atoms. The molecule has 2 aliphatic carbocycles. The molecule has 124 valence electrons. The lowest BCUT2D eigenvalue weighted by Crippen LogP contribution is -2.47. The van der Waals surface area contributed by atoms with Crippen LogP contribution in [0.2, 0.25) is 0 Å². The summed E-state index contributed by atoms with van der Waals surface area (Å²) in [4.78, 5) is 0. The quantitative estimate of drug-likeness (QED) is 0.551. The van der Waals surface area contributed by atoms with Crippen molar-refractivity contribution in [1.82, 2.24) is 5.43 Å². The molecule has 21 heavy (non-hydrogen) atoms. The highest BCUT2D eigenvalue weighted by Gasteiger charge is 2.36. The normalized spacial score (nSPS) is 35.2. The Morgan fingerprint density at radius 1 is 1.29 bits per heavy atom. The molecule has 2 fully saturated rings. The van der Waals surface area contributed by atoms with Crippen molar-refractivity contribution in [3.05, 3.63) is 0 Å². The largest absolute Gasteiger partial charge is 0.378 e. The van der Waals surface area contributed by atoms with E-state index < -0.39 is 9.84 Å². The molecule has 0 aromatic heterocycles. The Labute approximate surface area is 128 Å². The monoisotopic (exact) mass is 318 g/mol. The maximum absolute atomic E-state index is 11.8. The minimum atomic E-state index is -2.93. The van der Waals surface area contributed by atoms with Crippen LogP contribution in [0, 0.1) is 11.8 Å². The van der Waals surface area contributed by atoms with Gasteiger partial charge in [0.2, 0.25) is 0 Å². The summed E-state index contributed by atoms with van der Waals surface area (Å²) < 4.78 is 29.2. The molecule has 5 nitrogen and oxygen atoms in total. The van der Waals surface area contributed by atoms with Gasteiger partial charge in [-0.3, -0.25) is 11.3 Å². The molecule has 3 N–H and O–H groups in total. The van der Waals surface area contributed by atoms with E-state index in [1.165, 1.54) is 6.26 Å². The summed E-state index contributed by atoms with van der Waals surface area (Å²) in [6.07, 6.45) is 8.72. The van der Waals surface area contributed by atoms with Crippen LogP contribution in [0.15, 0.2) is 0 Å². The van der Waals surface area contributed by atoms with Gasteiger partial charge in [-0.05, 0) is 57.3 Å². The number of sulfone groups is 1. The van der Waals surface area contributed by atoms with Crippen molar-refractivity contribution >= 4 is 9.84 Å². The Bertz CT molecular complexity index is 421. The van der Waals surface area contributed by atoms with E-state index in [0.717, 1.165) is 51.6 Å². The molecule has 0 spiro atoms. The summed E-state index contributed by atoms with van der Waals surface area (Å²) in [5.41, 5.74) is 2.95. The summed E-state index contributed by atoms with van der Waals surface area (Å²) in [5.74, 6) is 6.80. The first-order chi connectivity index (χ1) is 9.94. The predicted octanol–water partition coefficient (Wildman–Crippen LogP) is 1.63. The van der Waals surface area contributed by atoms with Crippen LogP contribution in [-0.4, -0.2) is 38.7 Å². The van der Waals surface area contributed by atoms with Crippen molar-refractivity contribution in [2.45, 2.75) is 69.3 Å². The Morgan fingerprint density at radius 3 is 2.57 bits per heavy atom. The second-order valence-corrected chi connectivity index (χ2v) is 9.13. The van der Waals surface area contributed by atoms with Crippen LogP contribution in [0.1, 0.15) is 51.9 Å². The van der Waals surface area contributed by atoms with Gasteiger partial charge in [-0.2, -0.15) is 0 Å². The Hall–Kier alpha value is -0.170. The lowest BCUT2D eigenvalue weighted by molar-refractivity contribution is -0.0313. The minimum absolute atomic E-state index is 0.176. The lowest BCUT2D eigenvalue weighted by atomic mass is 9.73. The van der Waals surface area contributed by atoms with Gasteiger partial charge in [-0.1, -0.05) is 6.42 Å². The summed E-state index contributed by atoms with van der Waals surface area (Å²) in [5, 5.41) is -0.176. The standard InChI is InChI=1S/C15H30N2O3S/c1-3-20-13-7-11(8-13)9-15(17-16)12-5-4-6-14(10-12)21(2,18)19/h11-15,17H,3-10,16H2,1-2H3. The zero-order chi connectivity index (χ0) is 15.5. The molecule has 0 aliphatic heterocycles. The first-order valence-corrected chi connectivity index (χ1v) is 10.2. The molecular weight excluding hydrogens is 288 g/mol. The van der Waals surface area contributed by atoms with Crippen LogP contribution in [-0.2, 0) is 14.6 Å². The van der Waals surface area contributed by atoms with Gasteiger partial charge in [0.15, 0.2) is 0 Å². The third kappa shape index (κ3) is 4.65. The Balaban J connectivity index is 1.83. The summed E-state index contributed by atoms with van der Waals surface area (Å²) in [7, 11) is -2.93. The van der Waals surface area contributed by atoms with Gasteiger partial charge < -0.3 is 4.74 Å². The van der Waals surface area contributed by atoms with Gasteiger partial charge in [0.05, 0.1) is 11.4 Å². The van der Waals surface area contributed by atoms with Gasteiger partial charge in [0.1, 0.15) is 9.84 Å². The first kappa shape index (κ1) is 17.2. The van der Waals surface area contributed by atoms with Crippen molar-refractivity contribution < 1.29 is 13.2 Å². The van der Waals surface area contributed by atoms with Crippen molar-refractivity contribution in [1.29, 1.82) is 0 Å². The zero-order valence-electron chi connectivity index (χ0n) is 13.3. The molecule has 2 saturated carbocycles. The van der Waals surface area contributed by atoms with Crippen LogP contribution >= 0.6 is 0 Å². The highest BCUT2D eigenvalue weighted by molar-refractivity contribution is 7.91. The maximum Gasteiger partial charge on any atom is 0.150 e. The van der Waals surface area contributed by atoms with Crippen LogP contribution in [0.3, 0.4) is 0 Å². The summed E-state index contributed by atoms with van der Waals surface area (Å²) in [6.45, 7) is 2.82. The van der Waals surface area contributed by atoms with Crippen LogP contribution in [0.5, 0.6) is 0 Å². The molecule has 0 radical (unpaired) electrons. The van der Waals surface area contributed by atoms with E-state index in [2.05, 4.69) is 5.43 Å². The molecule has 0 aromatic carbocycles. The second-order valence-electron chi connectivity index (χ2n) is 6.80. The predicted molar refractivity (Wildman–Crippen MR) is 84.5 cm³/mol. The number of ether oxygens (including phenoxy) is 1. The van der Waals surface area contributed by atoms with Crippen molar-refractivity contribution in [2.75, 3.05) is 12.9 Å². The van der Waals surface area contributed by atoms with Gasteiger partial charge >= 0.3 is 0 Å². The molecule has 0 saturated heterocycles. The Morgan fingerprint density at radius 2 is 2.00 bits per heavy atom. The van der Waals surface area contributed by atoms with E-state index >= 15 is 0 Å². The first-order valence-electron chi connectivity index (χ1n) is 8.20. The SMILES string of the molecule is CCOC1CC(CC(NN)C2CCCC(S(C)(=O)=O)C2)C1. The minimum Gasteiger partial charge on any atom is -0.378 e. The fraction of sp³-hybridized carbons (Fsp3) is 1.00. The van der Waals surface area contributed by atoms with E-state index in [0.29, 0.717) is 17.9 Å². The number of hydrogen-bond acceptors (Lipinski definition) is 5. The molecule has 0 amide bonds. The molecule has 3 atom stereocenters. The summed E-state index contributed by atoms with van der Waals surface area (Å²) >= 11 is 0. The van der Waals surface area contributed by atoms with Crippen LogP contribution < -0.4 is 11.3 Å². The number of rotatable bonds is 7. The molecule has 3 unspecified atom stereocenters. The van der Waals surface area contributed by atoms with E-state index in [1.807, 2.05) is 6.92 Å². The highest BCUT2D eigenvalue weighted by atomic mass is 32.2. The average Bonchev–Trinajstić information content (AvgIpc) is 2.40. The van der Waals surface area contributed by atoms with Gasteiger partial charge in [0.25, 0.3) is 0 Å². The molecule has 6 heteroatoms. The summed E-state index contributed by atoms with van der Waals surface area (Å²) in [6, 6.07) is 0.238. The Kier molecular flexibility index (Phi) is 6.05. The third-order valence-corrected chi connectivity index (χ3v) is 6.88. The number of hydrazine groups is 1. The van der Waals surface area contributed by atoms with E-state index in [-0.39, 0.29) is 11.3 Å². The van der Waals surface area contributed by atoms with Crippen LogP contribution in [0.25, 0.3) is 0 Å². The van der Waals surface area contributed by atoms with Crippen LogP contribution in [0.4, 0.5) is 0 Å². The second kappa shape index (κ2) is 7.40. The zero-order valence-corrected chi connectivity index (χ0v) is 14.1. The van der Waals surface area contributed by atoms with Crippen molar-refractivity contribution in [2.24, 2.45) is 17.7 Å². The fourth-order valence-corrected chi connectivity index (χ4v) is 5.12. The van der Waals surface area contributed by atoms with E-state index in [9.17, 15) is 8.42 Å². The van der Waals surface area contributed by atoms with Gasteiger partial charge in [-0.15, -0.1) is 0 Å². The van der Waals surface area contributed by atoms with E-state index in [1.54, 1.807) is 0 Å². The molecule has 0 heterocycles. The van der Waals surface area contributed by atoms with Crippen molar-refractivity contribution in [3.63, 3.8) is 0 Å². The number of hydrogen-bond donors (Lipinski definition) is 2.